The van der Waals surface area contributed by atoms with Gasteiger partial charge in [0.1, 0.15) is 17.9 Å². The van der Waals surface area contributed by atoms with Crippen LogP contribution in [0.5, 0.6) is 0 Å². The van der Waals surface area contributed by atoms with Gasteiger partial charge in [-0.25, -0.2) is 4.39 Å². The molecule has 0 aliphatic heterocycles. The van der Waals surface area contributed by atoms with Gasteiger partial charge in [0, 0.05) is 11.8 Å². The summed E-state index contributed by atoms with van der Waals surface area (Å²) in [7, 11) is 0. The number of rotatable bonds is 3. The van der Waals surface area contributed by atoms with Gasteiger partial charge in [-0.05, 0) is 36.8 Å². The Morgan fingerprint density at radius 1 is 1.07 bits per heavy atom. The Bertz CT molecular complexity index is 1130. The van der Waals surface area contributed by atoms with Gasteiger partial charge in [0.05, 0.1) is 17.3 Å². The van der Waals surface area contributed by atoms with Gasteiger partial charge in [-0.15, -0.1) is 0 Å². The summed E-state index contributed by atoms with van der Waals surface area (Å²) < 4.78 is 59.2. The third-order valence-electron chi connectivity index (χ3n) is 3.91. The zero-order chi connectivity index (χ0) is 19.2. The molecule has 1 aromatic carbocycles. The van der Waals surface area contributed by atoms with Gasteiger partial charge in [0.25, 0.3) is 0 Å². The Labute approximate surface area is 149 Å². The maximum absolute atomic E-state index is 13.7. The van der Waals surface area contributed by atoms with E-state index in [-0.39, 0.29) is 12.1 Å². The molecule has 0 saturated carbocycles. The number of aryl methyl sites for hydroxylation is 1. The van der Waals surface area contributed by atoms with Crippen LogP contribution in [0.3, 0.4) is 0 Å². The second-order valence-electron chi connectivity index (χ2n) is 5.89. The van der Waals surface area contributed by atoms with Crippen LogP contribution < -0.4 is 0 Å². The Kier molecular flexibility index (Phi) is 3.90. The molecule has 0 fully saturated rings. The van der Waals surface area contributed by atoms with Crippen molar-refractivity contribution in [3.63, 3.8) is 0 Å². The standard InChI is InChI=1S/C17H11F4N5O/c1-9-24-16(27-25-9)8-26-15-4-11(6-22-14(15)7-23-26)10-2-12(17(19,20)21)5-13(18)3-10/h2-7H,8H2,1H3. The minimum Gasteiger partial charge on any atom is -0.337 e. The Morgan fingerprint density at radius 2 is 1.89 bits per heavy atom. The molecule has 3 aromatic heterocycles. The van der Waals surface area contributed by atoms with E-state index in [1.165, 1.54) is 17.1 Å². The van der Waals surface area contributed by atoms with Crippen LogP contribution >= 0.6 is 0 Å². The minimum atomic E-state index is -4.65. The van der Waals surface area contributed by atoms with Gasteiger partial charge < -0.3 is 4.52 Å². The number of fused-ring (bicyclic) bond motifs is 1. The number of hydrogen-bond donors (Lipinski definition) is 0. The van der Waals surface area contributed by atoms with Gasteiger partial charge in [-0.3, -0.25) is 9.67 Å². The van der Waals surface area contributed by atoms with E-state index in [0.717, 1.165) is 12.1 Å². The highest BCUT2D eigenvalue weighted by Crippen LogP contribution is 2.33. The second kappa shape index (κ2) is 6.15. The monoisotopic (exact) mass is 377 g/mol. The molecule has 0 spiro atoms. The van der Waals surface area contributed by atoms with E-state index in [1.807, 2.05) is 0 Å². The van der Waals surface area contributed by atoms with Crippen molar-refractivity contribution in [2.45, 2.75) is 19.6 Å². The second-order valence-corrected chi connectivity index (χ2v) is 5.89. The highest BCUT2D eigenvalue weighted by molar-refractivity contribution is 5.80. The molecule has 138 valence electrons. The number of aromatic nitrogens is 5. The van der Waals surface area contributed by atoms with E-state index < -0.39 is 17.6 Å². The van der Waals surface area contributed by atoms with E-state index in [4.69, 9.17) is 4.52 Å². The summed E-state index contributed by atoms with van der Waals surface area (Å²) in [5, 5.41) is 7.88. The van der Waals surface area contributed by atoms with Crippen LogP contribution in [0.4, 0.5) is 17.6 Å². The lowest BCUT2D eigenvalue weighted by molar-refractivity contribution is -0.137. The lowest BCUT2D eigenvalue weighted by Crippen LogP contribution is -2.05. The summed E-state index contributed by atoms with van der Waals surface area (Å²) in [6.45, 7) is 1.85. The smallest absolute Gasteiger partial charge is 0.337 e. The van der Waals surface area contributed by atoms with Crippen LogP contribution in [-0.2, 0) is 12.7 Å². The first-order valence-electron chi connectivity index (χ1n) is 7.78. The third-order valence-corrected chi connectivity index (χ3v) is 3.91. The molecular formula is C17H11F4N5O. The van der Waals surface area contributed by atoms with Crippen LogP contribution in [0.2, 0.25) is 0 Å². The Morgan fingerprint density at radius 3 is 2.59 bits per heavy atom. The maximum Gasteiger partial charge on any atom is 0.416 e. The molecule has 6 nitrogen and oxygen atoms in total. The Hall–Kier alpha value is -3.30. The number of alkyl halides is 3. The van der Waals surface area contributed by atoms with Gasteiger partial charge >= 0.3 is 6.18 Å². The predicted molar refractivity (Wildman–Crippen MR) is 86.1 cm³/mol. The number of hydrogen-bond acceptors (Lipinski definition) is 5. The zero-order valence-electron chi connectivity index (χ0n) is 13.8. The highest BCUT2D eigenvalue weighted by atomic mass is 19.4. The normalized spacial score (nSPS) is 12.0. The van der Waals surface area contributed by atoms with E-state index in [0.29, 0.717) is 34.4 Å². The lowest BCUT2D eigenvalue weighted by Gasteiger charge is -2.10. The average molecular weight is 377 g/mol. The van der Waals surface area contributed by atoms with Crippen molar-refractivity contribution >= 4 is 11.0 Å². The SMILES string of the molecule is Cc1noc(Cn2ncc3ncc(-c4cc(F)cc(C(F)(F)F)c4)cc32)n1. The molecule has 0 saturated heterocycles. The predicted octanol–water partition coefficient (Wildman–Crippen LogP) is 4.00. The molecule has 0 unspecified atom stereocenters. The molecule has 3 heterocycles. The zero-order valence-corrected chi connectivity index (χ0v) is 13.8. The van der Waals surface area contributed by atoms with Crippen LogP contribution in [0.25, 0.3) is 22.2 Å². The van der Waals surface area contributed by atoms with Crippen LogP contribution in [-0.4, -0.2) is 24.9 Å². The van der Waals surface area contributed by atoms with Crippen molar-refractivity contribution < 1.29 is 22.1 Å². The average Bonchev–Trinajstić information content (AvgIpc) is 3.20. The summed E-state index contributed by atoms with van der Waals surface area (Å²) in [5.41, 5.74) is 0.408. The highest BCUT2D eigenvalue weighted by Gasteiger charge is 2.31. The molecule has 0 radical (unpaired) electrons. The molecule has 0 atom stereocenters. The Balaban J connectivity index is 1.77. The topological polar surface area (TPSA) is 69.6 Å². The molecule has 0 amide bonds. The minimum absolute atomic E-state index is 0.0677. The fraction of sp³-hybridized carbons (Fsp3) is 0.176. The van der Waals surface area contributed by atoms with Crippen molar-refractivity contribution in [1.29, 1.82) is 0 Å². The fourth-order valence-electron chi connectivity index (χ4n) is 2.69. The van der Waals surface area contributed by atoms with Crippen molar-refractivity contribution in [1.82, 2.24) is 24.9 Å². The number of nitrogens with zero attached hydrogens (tertiary/aromatic N) is 5. The van der Waals surface area contributed by atoms with Gasteiger partial charge in [0.15, 0.2) is 5.82 Å². The van der Waals surface area contributed by atoms with E-state index in [2.05, 4.69) is 20.2 Å². The first-order chi connectivity index (χ1) is 12.8. The summed E-state index contributed by atoms with van der Waals surface area (Å²) in [6, 6.07) is 3.96. The van der Waals surface area contributed by atoms with Crippen LogP contribution in [0.15, 0.2) is 41.2 Å². The number of benzene rings is 1. The van der Waals surface area contributed by atoms with E-state index in [9.17, 15) is 17.6 Å². The molecule has 0 bridgehead atoms. The molecule has 0 aliphatic carbocycles. The van der Waals surface area contributed by atoms with Gasteiger partial charge in [-0.1, -0.05) is 5.16 Å². The van der Waals surface area contributed by atoms with E-state index >= 15 is 0 Å². The first kappa shape index (κ1) is 17.1. The summed E-state index contributed by atoms with van der Waals surface area (Å²) in [5.74, 6) is -0.178. The van der Waals surface area contributed by atoms with Gasteiger partial charge in [0.2, 0.25) is 5.89 Å². The largest absolute Gasteiger partial charge is 0.416 e. The molecule has 0 N–H and O–H groups in total. The molecule has 27 heavy (non-hydrogen) atoms. The third kappa shape index (κ3) is 3.37. The summed E-state index contributed by atoms with van der Waals surface area (Å²) in [6.07, 6.45) is -1.76. The van der Waals surface area contributed by atoms with Crippen molar-refractivity contribution in [2.75, 3.05) is 0 Å². The first-order valence-corrected chi connectivity index (χ1v) is 7.78. The molecule has 4 aromatic rings. The molecule has 4 rings (SSSR count). The number of pyridine rings is 1. The van der Waals surface area contributed by atoms with Crippen molar-refractivity contribution in [3.8, 4) is 11.1 Å². The number of halogens is 4. The lowest BCUT2D eigenvalue weighted by atomic mass is 10.0. The quantitative estimate of drug-likeness (QED) is 0.505. The van der Waals surface area contributed by atoms with Crippen molar-refractivity contribution in [2.24, 2.45) is 0 Å². The summed E-state index contributed by atoms with van der Waals surface area (Å²) in [4.78, 5) is 8.28. The molecular weight excluding hydrogens is 366 g/mol. The molecule has 10 heteroatoms. The fourth-order valence-corrected chi connectivity index (χ4v) is 2.69. The van der Waals surface area contributed by atoms with Gasteiger partial charge in [-0.2, -0.15) is 23.3 Å². The van der Waals surface area contributed by atoms with Crippen molar-refractivity contribution in [3.05, 3.63) is 59.8 Å². The summed E-state index contributed by atoms with van der Waals surface area (Å²) >= 11 is 0. The maximum atomic E-state index is 13.7. The van der Waals surface area contributed by atoms with E-state index in [1.54, 1.807) is 13.0 Å². The van der Waals surface area contributed by atoms with Crippen LogP contribution in [0, 0.1) is 12.7 Å². The molecule has 0 aliphatic rings. The van der Waals surface area contributed by atoms with Crippen LogP contribution in [0.1, 0.15) is 17.3 Å².